The Bertz CT molecular complexity index is 493. The van der Waals surface area contributed by atoms with E-state index in [1.807, 2.05) is 35.2 Å². The molecule has 116 valence electrons. The van der Waals surface area contributed by atoms with Gasteiger partial charge in [0.2, 0.25) is 0 Å². The highest BCUT2D eigenvalue weighted by atomic mass is 19.4. The van der Waals surface area contributed by atoms with Gasteiger partial charge in [0.05, 0.1) is 6.54 Å². The first-order chi connectivity index (χ1) is 9.81. The molecule has 0 saturated carbocycles. The molecule has 1 saturated heterocycles. The van der Waals surface area contributed by atoms with Gasteiger partial charge in [-0.1, -0.05) is 30.3 Å². The van der Waals surface area contributed by atoms with Crippen molar-refractivity contribution in [2.24, 2.45) is 0 Å². The first-order valence-corrected chi connectivity index (χ1v) is 6.62. The van der Waals surface area contributed by atoms with Crippen LogP contribution in [-0.4, -0.2) is 47.3 Å². The second-order valence-corrected chi connectivity index (χ2v) is 5.30. The van der Waals surface area contributed by atoms with E-state index in [4.69, 9.17) is 0 Å². The molecule has 4 nitrogen and oxygen atoms in total. The van der Waals surface area contributed by atoms with Crippen LogP contribution in [0.5, 0.6) is 0 Å². The van der Waals surface area contributed by atoms with Gasteiger partial charge in [0.15, 0.2) is 0 Å². The summed E-state index contributed by atoms with van der Waals surface area (Å²) in [5.74, 6) is -1.23. The largest absolute Gasteiger partial charge is 0.480 e. The number of benzene rings is 1. The number of hydrogen-bond donors (Lipinski definition) is 2. The van der Waals surface area contributed by atoms with Gasteiger partial charge < -0.3 is 5.11 Å². The van der Waals surface area contributed by atoms with Crippen molar-refractivity contribution in [3.63, 3.8) is 0 Å². The van der Waals surface area contributed by atoms with Gasteiger partial charge in [-0.25, -0.2) is 0 Å². The SMILES string of the molecule is O=C(O)C1(NCC(F)(F)F)CCN(Cc2ccccc2)C1. The normalized spacial score (nSPS) is 23.4. The minimum atomic E-state index is -4.42. The van der Waals surface area contributed by atoms with Crippen molar-refractivity contribution in [2.45, 2.75) is 24.7 Å². The molecule has 21 heavy (non-hydrogen) atoms. The maximum atomic E-state index is 12.3. The van der Waals surface area contributed by atoms with Gasteiger partial charge >= 0.3 is 12.1 Å². The molecule has 0 amide bonds. The molecule has 0 aliphatic carbocycles. The van der Waals surface area contributed by atoms with Crippen molar-refractivity contribution in [2.75, 3.05) is 19.6 Å². The van der Waals surface area contributed by atoms with Gasteiger partial charge in [-0.15, -0.1) is 0 Å². The molecule has 2 rings (SSSR count). The lowest BCUT2D eigenvalue weighted by Gasteiger charge is -2.27. The standard InChI is InChI=1S/C14H17F3N2O2/c15-14(16,17)9-18-13(12(20)21)6-7-19(10-13)8-11-4-2-1-3-5-11/h1-5,18H,6-10H2,(H,20,21). The van der Waals surface area contributed by atoms with Crippen LogP contribution in [0.1, 0.15) is 12.0 Å². The van der Waals surface area contributed by atoms with Crippen molar-refractivity contribution in [3.8, 4) is 0 Å². The minimum Gasteiger partial charge on any atom is -0.480 e. The van der Waals surface area contributed by atoms with Crippen molar-refractivity contribution in [1.29, 1.82) is 0 Å². The summed E-state index contributed by atoms with van der Waals surface area (Å²) in [4.78, 5) is 13.2. The molecule has 0 aromatic heterocycles. The summed E-state index contributed by atoms with van der Waals surface area (Å²) in [5, 5.41) is 11.5. The number of carboxylic acid groups (broad SMARTS) is 1. The molecular weight excluding hydrogens is 285 g/mol. The Hall–Kier alpha value is -1.60. The second-order valence-electron chi connectivity index (χ2n) is 5.30. The van der Waals surface area contributed by atoms with Crippen LogP contribution in [0.2, 0.25) is 0 Å². The van der Waals surface area contributed by atoms with Gasteiger partial charge in [-0.2, -0.15) is 13.2 Å². The summed E-state index contributed by atoms with van der Waals surface area (Å²) in [7, 11) is 0. The molecule has 0 bridgehead atoms. The fourth-order valence-electron chi connectivity index (χ4n) is 2.53. The molecule has 1 fully saturated rings. The fourth-order valence-corrected chi connectivity index (χ4v) is 2.53. The molecule has 0 spiro atoms. The number of aliphatic carboxylic acids is 1. The van der Waals surface area contributed by atoms with E-state index < -0.39 is 24.2 Å². The number of carboxylic acids is 1. The van der Waals surface area contributed by atoms with E-state index in [9.17, 15) is 23.1 Å². The summed E-state index contributed by atoms with van der Waals surface area (Å²) in [6, 6.07) is 9.43. The lowest BCUT2D eigenvalue weighted by molar-refractivity contribution is -0.149. The molecule has 1 aromatic rings. The van der Waals surface area contributed by atoms with Crippen LogP contribution in [0.25, 0.3) is 0 Å². The minimum absolute atomic E-state index is 0.0628. The zero-order valence-electron chi connectivity index (χ0n) is 11.4. The zero-order chi connectivity index (χ0) is 15.5. The molecule has 2 N–H and O–H groups in total. The molecule has 0 radical (unpaired) electrons. The Labute approximate surface area is 120 Å². The first-order valence-electron chi connectivity index (χ1n) is 6.62. The summed E-state index contributed by atoms with van der Waals surface area (Å²) >= 11 is 0. The predicted molar refractivity (Wildman–Crippen MR) is 70.8 cm³/mol. The number of nitrogens with zero attached hydrogens (tertiary/aromatic N) is 1. The predicted octanol–water partition coefficient (Wildman–Crippen LogP) is 1.87. The average Bonchev–Trinajstić information content (AvgIpc) is 2.82. The van der Waals surface area contributed by atoms with Crippen LogP contribution in [0.15, 0.2) is 30.3 Å². The Morgan fingerprint density at radius 1 is 1.33 bits per heavy atom. The summed E-state index contributed by atoms with van der Waals surface area (Å²) in [6.07, 6.45) is -4.26. The number of nitrogens with one attached hydrogen (secondary N) is 1. The van der Waals surface area contributed by atoms with Crippen LogP contribution in [0, 0.1) is 0 Å². The topological polar surface area (TPSA) is 52.6 Å². The third-order valence-electron chi connectivity index (χ3n) is 3.63. The molecule has 1 aliphatic rings. The highest BCUT2D eigenvalue weighted by molar-refractivity contribution is 5.79. The van der Waals surface area contributed by atoms with E-state index in [1.165, 1.54) is 0 Å². The number of likely N-dealkylation sites (tertiary alicyclic amines) is 1. The van der Waals surface area contributed by atoms with Gasteiger partial charge in [-0.05, 0) is 12.0 Å². The molecule has 1 heterocycles. The average molecular weight is 302 g/mol. The Balaban J connectivity index is 2.00. The Kier molecular flexibility index (Phi) is 4.53. The number of rotatable bonds is 5. The second kappa shape index (κ2) is 6.03. The number of hydrogen-bond acceptors (Lipinski definition) is 3. The summed E-state index contributed by atoms with van der Waals surface area (Å²) in [6.45, 7) is -0.249. The Morgan fingerprint density at radius 2 is 2.00 bits per heavy atom. The number of alkyl halides is 3. The van der Waals surface area contributed by atoms with Crippen molar-refractivity contribution in [1.82, 2.24) is 10.2 Å². The highest BCUT2D eigenvalue weighted by Crippen LogP contribution is 2.25. The molecule has 1 aliphatic heterocycles. The third kappa shape index (κ3) is 4.18. The number of halogens is 3. The van der Waals surface area contributed by atoms with Gasteiger partial charge in [0.1, 0.15) is 5.54 Å². The summed E-state index contributed by atoms with van der Waals surface area (Å²) < 4.78 is 37.0. The molecule has 1 atom stereocenters. The maximum absolute atomic E-state index is 12.3. The van der Waals surface area contributed by atoms with Gasteiger partial charge in [0.25, 0.3) is 0 Å². The van der Waals surface area contributed by atoms with Crippen LogP contribution in [0.3, 0.4) is 0 Å². The smallest absolute Gasteiger partial charge is 0.401 e. The third-order valence-corrected chi connectivity index (χ3v) is 3.63. The van der Waals surface area contributed by atoms with Crippen LogP contribution in [0.4, 0.5) is 13.2 Å². The van der Waals surface area contributed by atoms with E-state index >= 15 is 0 Å². The quantitative estimate of drug-likeness (QED) is 0.872. The van der Waals surface area contributed by atoms with E-state index in [2.05, 4.69) is 5.32 Å². The van der Waals surface area contributed by atoms with E-state index in [0.717, 1.165) is 5.56 Å². The molecular formula is C14H17F3N2O2. The van der Waals surface area contributed by atoms with Crippen LogP contribution in [-0.2, 0) is 11.3 Å². The van der Waals surface area contributed by atoms with Gasteiger partial charge in [-0.3, -0.25) is 15.0 Å². The molecule has 7 heteroatoms. The van der Waals surface area contributed by atoms with Crippen LogP contribution < -0.4 is 5.32 Å². The van der Waals surface area contributed by atoms with E-state index in [0.29, 0.717) is 13.1 Å². The van der Waals surface area contributed by atoms with Crippen LogP contribution >= 0.6 is 0 Å². The van der Waals surface area contributed by atoms with E-state index in [-0.39, 0.29) is 13.0 Å². The zero-order valence-corrected chi connectivity index (χ0v) is 11.4. The van der Waals surface area contributed by atoms with Crippen molar-refractivity contribution >= 4 is 5.97 Å². The Morgan fingerprint density at radius 3 is 2.57 bits per heavy atom. The highest BCUT2D eigenvalue weighted by Gasteiger charge is 2.46. The fraction of sp³-hybridized carbons (Fsp3) is 0.500. The number of carbonyl (C=O) groups is 1. The summed E-state index contributed by atoms with van der Waals surface area (Å²) in [5.41, 5.74) is -0.515. The monoisotopic (exact) mass is 302 g/mol. The van der Waals surface area contributed by atoms with Crippen molar-refractivity contribution < 1.29 is 23.1 Å². The lowest BCUT2D eigenvalue weighted by atomic mass is 9.99. The molecule has 1 aromatic carbocycles. The molecule has 1 unspecified atom stereocenters. The maximum Gasteiger partial charge on any atom is 0.401 e. The lowest BCUT2D eigenvalue weighted by Crippen LogP contribution is -2.56. The first kappa shape index (κ1) is 15.8. The van der Waals surface area contributed by atoms with E-state index in [1.54, 1.807) is 0 Å². The van der Waals surface area contributed by atoms with Gasteiger partial charge in [0, 0.05) is 19.6 Å². The van der Waals surface area contributed by atoms with Crippen molar-refractivity contribution in [3.05, 3.63) is 35.9 Å².